The number of amides is 4. The Labute approximate surface area is 191 Å². The van der Waals surface area contributed by atoms with Crippen molar-refractivity contribution in [3.63, 3.8) is 0 Å². The Bertz CT molecular complexity index is 1300. The molecule has 2 aromatic carbocycles. The zero-order valence-corrected chi connectivity index (χ0v) is 18.9. The number of halogens is 1. The van der Waals surface area contributed by atoms with Crippen LogP contribution in [0.2, 0.25) is 5.02 Å². The highest BCUT2D eigenvalue weighted by Crippen LogP contribution is 2.29. The van der Waals surface area contributed by atoms with Gasteiger partial charge in [0.15, 0.2) is 0 Å². The highest BCUT2D eigenvalue weighted by atomic mass is 35.5. The van der Waals surface area contributed by atoms with Crippen molar-refractivity contribution in [1.29, 1.82) is 0 Å². The summed E-state index contributed by atoms with van der Waals surface area (Å²) in [6.45, 7) is 7.58. The van der Waals surface area contributed by atoms with Crippen LogP contribution in [-0.4, -0.2) is 22.4 Å². The second kappa shape index (κ2) is 8.13. The minimum atomic E-state index is -0.760. The summed E-state index contributed by atoms with van der Waals surface area (Å²) in [6.07, 6.45) is 1.52. The molecule has 162 valence electrons. The summed E-state index contributed by atoms with van der Waals surface area (Å²) < 4.78 is 1.97. The Balaban J connectivity index is 1.79. The highest BCUT2D eigenvalue weighted by molar-refractivity contribution is 6.39. The van der Waals surface area contributed by atoms with Crippen molar-refractivity contribution in [3.8, 4) is 5.69 Å². The number of nitrogens with zero attached hydrogens (tertiary/aromatic N) is 2. The summed E-state index contributed by atoms with van der Waals surface area (Å²) >= 11 is 6.38. The van der Waals surface area contributed by atoms with Gasteiger partial charge >= 0.3 is 6.03 Å². The number of anilines is 1. The maximum Gasteiger partial charge on any atom is 0.335 e. The molecule has 7 heteroatoms. The van der Waals surface area contributed by atoms with Gasteiger partial charge in [-0.2, -0.15) is 0 Å². The molecule has 1 aliphatic heterocycles. The Morgan fingerprint density at radius 1 is 0.906 bits per heavy atom. The molecule has 1 N–H and O–H groups in total. The molecule has 0 aliphatic carbocycles. The molecule has 3 aromatic rings. The monoisotopic (exact) mass is 447 g/mol. The number of rotatable bonds is 3. The smallest absolute Gasteiger partial charge is 0.316 e. The van der Waals surface area contributed by atoms with Crippen molar-refractivity contribution in [2.75, 3.05) is 4.90 Å². The van der Waals surface area contributed by atoms with Crippen molar-refractivity contribution in [2.45, 2.75) is 27.7 Å². The zero-order chi connectivity index (χ0) is 23.2. The van der Waals surface area contributed by atoms with Gasteiger partial charge in [0.05, 0.1) is 16.4 Å². The maximum atomic E-state index is 13.2. The number of aromatic nitrogens is 1. The summed E-state index contributed by atoms with van der Waals surface area (Å²) in [4.78, 5) is 39.3. The van der Waals surface area contributed by atoms with Gasteiger partial charge in [0, 0.05) is 11.4 Å². The standard InChI is InChI=1S/C25H22ClN3O3/c1-14-9-15(2)11-19(10-14)29-24(31)20(23(30)27-25(29)32)13-18-12-16(3)28(17(18)4)22-8-6-5-7-21(22)26/h5-13H,1-4H3,(H,27,30,32)/b20-13+. The zero-order valence-electron chi connectivity index (χ0n) is 18.2. The lowest BCUT2D eigenvalue weighted by Gasteiger charge is -2.27. The molecule has 1 aliphatic rings. The van der Waals surface area contributed by atoms with E-state index >= 15 is 0 Å². The minimum absolute atomic E-state index is 0.108. The van der Waals surface area contributed by atoms with E-state index in [0.29, 0.717) is 16.3 Å². The third-order valence-electron chi connectivity index (χ3n) is 5.43. The van der Waals surface area contributed by atoms with Crippen molar-refractivity contribution in [2.24, 2.45) is 0 Å². The first-order valence-corrected chi connectivity index (χ1v) is 10.5. The SMILES string of the molecule is Cc1cc(C)cc(N2C(=O)NC(=O)/C(=C\c3cc(C)n(-c4ccccc4Cl)c3C)C2=O)c1. The predicted molar refractivity (Wildman–Crippen MR) is 125 cm³/mol. The van der Waals surface area contributed by atoms with E-state index in [4.69, 9.17) is 11.6 Å². The van der Waals surface area contributed by atoms with Gasteiger partial charge in [-0.25, -0.2) is 9.69 Å². The lowest BCUT2D eigenvalue weighted by molar-refractivity contribution is -0.122. The van der Waals surface area contributed by atoms with Crippen LogP contribution < -0.4 is 10.2 Å². The lowest BCUT2D eigenvalue weighted by atomic mass is 10.1. The number of benzene rings is 2. The van der Waals surface area contributed by atoms with Gasteiger partial charge in [0.25, 0.3) is 11.8 Å². The van der Waals surface area contributed by atoms with E-state index in [1.54, 1.807) is 18.2 Å². The average molecular weight is 448 g/mol. The number of carbonyl (C=O) groups excluding carboxylic acids is 3. The Hall–Kier alpha value is -3.64. The summed E-state index contributed by atoms with van der Waals surface area (Å²) in [5.74, 6) is -1.38. The number of carbonyl (C=O) groups is 3. The van der Waals surface area contributed by atoms with Gasteiger partial charge < -0.3 is 4.57 Å². The van der Waals surface area contributed by atoms with Crippen LogP contribution in [0.4, 0.5) is 10.5 Å². The molecule has 4 amide bonds. The van der Waals surface area contributed by atoms with Crippen LogP contribution in [0.15, 0.2) is 54.1 Å². The van der Waals surface area contributed by atoms with E-state index in [0.717, 1.165) is 33.1 Å². The molecule has 0 radical (unpaired) electrons. The maximum absolute atomic E-state index is 13.2. The fraction of sp³-hybridized carbons (Fsp3) is 0.160. The first-order valence-electron chi connectivity index (χ1n) is 10.1. The summed E-state index contributed by atoms with van der Waals surface area (Å²) in [6, 6.07) is 14.0. The number of barbiturate groups is 1. The summed E-state index contributed by atoms with van der Waals surface area (Å²) in [5.41, 5.74) is 5.34. The quantitative estimate of drug-likeness (QED) is 0.452. The molecule has 1 saturated heterocycles. The van der Waals surface area contributed by atoms with Crippen LogP contribution in [0, 0.1) is 27.7 Å². The lowest BCUT2D eigenvalue weighted by Crippen LogP contribution is -2.54. The van der Waals surface area contributed by atoms with E-state index in [9.17, 15) is 14.4 Å². The van der Waals surface area contributed by atoms with E-state index < -0.39 is 17.8 Å². The topological polar surface area (TPSA) is 71.4 Å². The summed E-state index contributed by atoms with van der Waals surface area (Å²) in [7, 11) is 0. The van der Waals surface area contributed by atoms with Gasteiger partial charge in [-0.15, -0.1) is 0 Å². The van der Waals surface area contributed by atoms with Crippen molar-refractivity contribution in [3.05, 3.63) is 87.2 Å². The number of para-hydroxylation sites is 1. The van der Waals surface area contributed by atoms with E-state index in [2.05, 4.69) is 5.32 Å². The molecule has 1 fully saturated rings. The largest absolute Gasteiger partial charge is 0.335 e. The fourth-order valence-electron chi connectivity index (χ4n) is 4.06. The van der Waals surface area contributed by atoms with Gasteiger partial charge in [0.1, 0.15) is 5.57 Å². The van der Waals surface area contributed by atoms with Gasteiger partial charge in [-0.3, -0.25) is 14.9 Å². The predicted octanol–water partition coefficient (Wildman–Crippen LogP) is 5.03. The molecule has 0 bridgehead atoms. The molecule has 6 nitrogen and oxygen atoms in total. The second-order valence-electron chi connectivity index (χ2n) is 7.92. The number of aryl methyl sites for hydroxylation is 3. The fourth-order valence-corrected chi connectivity index (χ4v) is 4.28. The molecule has 4 rings (SSSR count). The molecular weight excluding hydrogens is 426 g/mol. The molecule has 0 unspecified atom stereocenters. The van der Waals surface area contributed by atoms with Gasteiger partial charge in [0.2, 0.25) is 0 Å². The molecule has 2 heterocycles. The number of nitrogens with one attached hydrogen (secondary N) is 1. The third-order valence-corrected chi connectivity index (χ3v) is 5.75. The van der Waals surface area contributed by atoms with Crippen molar-refractivity contribution < 1.29 is 14.4 Å². The number of hydrogen-bond donors (Lipinski definition) is 1. The van der Waals surface area contributed by atoms with Gasteiger partial charge in [-0.1, -0.05) is 29.8 Å². The van der Waals surface area contributed by atoms with Crippen LogP contribution in [0.5, 0.6) is 0 Å². The first-order chi connectivity index (χ1) is 15.2. The molecule has 0 atom stereocenters. The van der Waals surface area contributed by atoms with Crippen molar-refractivity contribution in [1.82, 2.24) is 9.88 Å². The molecule has 1 aromatic heterocycles. The van der Waals surface area contributed by atoms with Crippen LogP contribution in [0.1, 0.15) is 28.1 Å². The number of urea groups is 1. The molecule has 0 spiro atoms. The minimum Gasteiger partial charge on any atom is -0.316 e. The Kier molecular flexibility index (Phi) is 5.48. The number of imide groups is 2. The third kappa shape index (κ3) is 3.74. The van der Waals surface area contributed by atoms with Crippen molar-refractivity contribution >= 4 is 41.2 Å². The van der Waals surface area contributed by atoms with Gasteiger partial charge in [-0.05, 0) is 80.8 Å². The van der Waals surface area contributed by atoms with Crippen LogP contribution in [-0.2, 0) is 9.59 Å². The average Bonchev–Trinajstić information content (AvgIpc) is 2.98. The second-order valence-corrected chi connectivity index (χ2v) is 8.32. The van der Waals surface area contributed by atoms with E-state index in [1.807, 2.05) is 62.6 Å². The Morgan fingerprint density at radius 2 is 1.56 bits per heavy atom. The van der Waals surface area contributed by atoms with Crippen LogP contribution >= 0.6 is 11.6 Å². The Morgan fingerprint density at radius 3 is 2.22 bits per heavy atom. The van der Waals surface area contributed by atoms with E-state index in [-0.39, 0.29) is 5.57 Å². The van der Waals surface area contributed by atoms with E-state index in [1.165, 1.54) is 6.08 Å². The number of hydrogen-bond acceptors (Lipinski definition) is 3. The summed E-state index contributed by atoms with van der Waals surface area (Å²) in [5, 5.41) is 2.87. The molecule has 32 heavy (non-hydrogen) atoms. The first kappa shape index (κ1) is 21.6. The molecular formula is C25H22ClN3O3. The van der Waals surface area contributed by atoms with Crippen LogP contribution in [0.25, 0.3) is 11.8 Å². The molecule has 0 saturated carbocycles. The normalized spacial score (nSPS) is 15.5. The highest BCUT2D eigenvalue weighted by Gasteiger charge is 2.37. The van der Waals surface area contributed by atoms with Crippen LogP contribution in [0.3, 0.4) is 0 Å².